The van der Waals surface area contributed by atoms with Gasteiger partial charge in [0.05, 0.1) is 18.8 Å². The monoisotopic (exact) mass is 416 g/mol. The van der Waals surface area contributed by atoms with Gasteiger partial charge in [-0.25, -0.2) is 0 Å². The Kier molecular flexibility index (Phi) is 7.42. The fraction of sp³-hybridized carbons (Fsp3) is 1.00. The van der Waals surface area contributed by atoms with E-state index in [1.165, 1.54) is 103 Å². The molecule has 0 N–H and O–H groups in total. The number of hydrogen-bond acceptors (Lipinski definition) is 2. The second-order valence-electron chi connectivity index (χ2n) is 12.2. The fourth-order valence-electron chi connectivity index (χ4n) is 7.92. The maximum absolute atomic E-state index is 6.42. The summed E-state index contributed by atoms with van der Waals surface area (Å²) in [4.78, 5) is 0. The van der Waals surface area contributed by atoms with Crippen LogP contribution in [0.1, 0.15) is 110 Å². The van der Waals surface area contributed by atoms with Gasteiger partial charge in [0.15, 0.2) is 0 Å². The van der Waals surface area contributed by atoms with E-state index in [-0.39, 0.29) is 0 Å². The first kappa shape index (κ1) is 21.7. The van der Waals surface area contributed by atoms with Crippen molar-refractivity contribution < 1.29 is 9.47 Å². The maximum Gasteiger partial charge on any atom is 0.0575 e. The van der Waals surface area contributed by atoms with Crippen LogP contribution in [0.4, 0.5) is 0 Å². The first-order chi connectivity index (χ1) is 14.7. The predicted molar refractivity (Wildman–Crippen MR) is 123 cm³/mol. The van der Waals surface area contributed by atoms with Gasteiger partial charge in [-0.05, 0) is 112 Å². The molecule has 0 saturated heterocycles. The molecule has 0 bridgehead atoms. The summed E-state index contributed by atoms with van der Waals surface area (Å²) < 4.78 is 12.8. The minimum absolute atomic E-state index is 0.562. The number of fused-ring (bicyclic) bond motifs is 1. The molecule has 2 nitrogen and oxygen atoms in total. The Morgan fingerprint density at radius 1 is 0.667 bits per heavy atom. The first-order valence-corrected chi connectivity index (χ1v) is 14.0. The molecule has 5 aliphatic rings. The first-order valence-electron chi connectivity index (χ1n) is 14.0. The summed E-state index contributed by atoms with van der Waals surface area (Å²) in [7, 11) is 0. The normalized spacial score (nSPS) is 42.9. The zero-order chi connectivity index (χ0) is 20.3. The predicted octanol–water partition coefficient (Wildman–Crippen LogP) is 7.40. The van der Waals surface area contributed by atoms with Gasteiger partial charge in [0, 0.05) is 6.61 Å². The average molecular weight is 417 g/mol. The van der Waals surface area contributed by atoms with Crippen molar-refractivity contribution in [3.63, 3.8) is 0 Å². The van der Waals surface area contributed by atoms with Crippen LogP contribution in [-0.2, 0) is 9.47 Å². The quantitative estimate of drug-likeness (QED) is 0.390. The van der Waals surface area contributed by atoms with Crippen LogP contribution >= 0.6 is 0 Å². The van der Waals surface area contributed by atoms with E-state index in [1.54, 1.807) is 0 Å². The van der Waals surface area contributed by atoms with E-state index in [4.69, 9.17) is 9.47 Å². The third-order valence-corrected chi connectivity index (χ3v) is 10.2. The lowest BCUT2D eigenvalue weighted by atomic mass is 9.67. The van der Waals surface area contributed by atoms with Crippen LogP contribution in [0.15, 0.2) is 0 Å². The molecule has 4 atom stereocenters. The lowest BCUT2D eigenvalue weighted by Gasteiger charge is -2.42. The van der Waals surface area contributed by atoms with Gasteiger partial charge in [0.1, 0.15) is 0 Å². The summed E-state index contributed by atoms with van der Waals surface area (Å²) in [5, 5.41) is 0. The Morgan fingerprint density at radius 3 is 1.90 bits per heavy atom. The maximum atomic E-state index is 6.42. The highest BCUT2D eigenvalue weighted by atomic mass is 16.5. The number of ether oxygens (including phenoxy) is 2. The van der Waals surface area contributed by atoms with Gasteiger partial charge in [0.25, 0.3) is 0 Å². The Bertz CT molecular complexity index is 513. The molecule has 4 unspecified atom stereocenters. The van der Waals surface area contributed by atoms with Crippen molar-refractivity contribution >= 4 is 0 Å². The molecule has 0 radical (unpaired) electrons. The third kappa shape index (κ3) is 5.28. The van der Waals surface area contributed by atoms with Crippen LogP contribution < -0.4 is 0 Å². The molecule has 5 saturated carbocycles. The molecule has 0 aromatic rings. The van der Waals surface area contributed by atoms with Crippen molar-refractivity contribution in [2.45, 2.75) is 122 Å². The van der Waals surface area contributed by atoms with Gasteiger partial charge < -0.3 is 9.47 Å². The van der Waals surface area contributed by atoms with E-state index in [2.05, 4.69) is 6.92 Å². The molecular formula is C28H48O2. The standard InChI is InChI=1S/C28H48O2/c1-20(16-21-4-2-5-21)18-29-26-12-8-22(9-13-26)23-10-14-27(15-11-23)30-19-25-17-24-6-3-7-28(24)25/h20-28H,2-19H2,1H3. The summed E-state index contributed by atoms with van der Waals surface area (Å²) in [5.41, 5.74) is 0. The average Bonchev–Trinajstić information content (AvgIpc) is 3.11. The molecule has 5 fully saturated rings. The van der Waals surface area contributed by atoms with Crippen LogP contribution in [0.5, 0.6) is 0 Å². The van der Waals surface area contributed by atoms with Crippen molar-refractivity contribution in [3.05, 3.63) is 0 Å². The number of rotatable bonds is 9. The molecule has 0 aliphatic heterocycles. The van der Waals surface area contributed by atoms with Crippen LogP contribution in [0.2, 0.25) is 0 Å². The molecule has 0 aromatic heterocycles. The SMILES string of the molecule is CC(COC1CCC(C2CCC(OCC3CC4CCCC43)CC2)CC1)CC1CCC1. The zero-order valence-electron chi connectivity index (χ0n) is 19.7. The van der Waals surface area contributed by atoms with Crippen LogP contribution in [0, 0.1) is 41.4 Å². The van der Waals surface area contributed by atoms with Crippen molar-refractivity contribution in [2.75, 3.05) is 13.2 Å². The van der Waals surface area contributed by atoms with Gasteiger partial charge in [-0.3, -0.25) is 0 Å². The molecule has 0 spiro atoms. The largest absolute Gasteiger partial charge is 0.378 e. The number of hydrogen-bond donors (Lipinski definition) is 0. The summed E-state index contributed by atoms with van der Waals surface area (Å²) >= 11 is 0. The van der Waals surface area contributed by atoms with Gasteiger partial charge in [-0.1, -0.05) is 39.0 Å². The topological polar surface area (TPSA) is 18.5 Å². The van der Waals surface area contributed by atoms with E-state index in [0.717, 1.165) is 54.6 Å². The summed E-state index contributed by atoms with van der Waals surface area (Å²) in [6, 6.07) is 0. The second-order valence-corrected chi connectivity index (χ2v) is 12.2. The molecule has 0 amide bonds. The summed E-state index contributed by atoms with van der Waals surface area (Å²) in [6.07, 6.45) is 24.0. The molecule has 172 valence electrons. The van der Waals surface area contributed by atoms with Crippen LogP contribution in [-0.4, -0.2) is 25.4 Å². The molecule has 0 aromatic carbocycles. The lowest BCUT2D eigenvalue weighted by Crippen LogP contribution is -2.37. The minimum Gasteiger partial charge on any atom is -0.378 e. The zero-order valence-corrected chi connectivity index (χ0v) is 19.7. The van der Waals surface area contributed by atoms with Crippen LogP contribution in [0.25, 0.3) is 0 Å². The van der Waals surface area contributed by atoms with E-state index in [0.29, 0.717) is 12.2 Å². The van der Waals surface area contributed by atoms with Crippen molar-refractivity contribution in [2.24, 2.45) is 41.4 Å². The van der Waals surface area contributed by atoms with E-state index in [1.807, 2.05) is 0 Å². The van der Waals surface area contributed by atoms with Crippen LogP contribution in [0.3, 0.4) is 0 Å². The van der Waals surface area contributed by atoms with Gasteiger partial charge in [-0.2, -0.15) is 0 Å². The van der Waals surface area contributed by atoms with Gasteiger partial charge >= 0.3 is 0 Å². The highest BCUT2D eigenvalue weighted by Crippen LogP contribution is 2.51. The highest BCUT2D eigenvalue weighted by Gasteiger charge is 2.43. The second kappa shape index (κ2) is 10.2. The fourth-order valence-corrected chi connectivity index (χ4v) is 7.92. The van der Waals surface area contributed by atoms with Crippen molar-refractivity contribution in [3.8, 4) is 0 Å². The van der Waals surface area contributed by atoms with Gasteiger partial charge in [0.2, 0.25) is 0 Å². The third-order valence-electron chi connectivity index (χ3n) is 10.2. The van der Waals surface area contributed by atoms with Gasteiger partial charge in [-0.15, -0.1) is 0 Å². The Balaban J connectivity index is 0.934. The molecule has 5 aliphatic carbocycles. The smallest absolute Gasteiger partial charge is 0.0575 e. The Labute approximate surface area is 186 Å². The molecule has 2 heteroatoms. The summed E-state index contributed by atoms with van der Waals surface area (Å²) in [6.45, 7) is 4.50. The van der Waals surface area contributed by atoms with E-state index in [9.17, 15) is 0 Å². The van der Waals surface area contributed by atoms with E-state index < -0.39 is 0 Å². The Hall–Kier alpha value is -0.0800. The lowest BCUT2D eigenvalue weighted by molar-refractivity contribution is -0.0548. The minimum atomic E-state index is 0.562. The highest BCUT2D eigenvalue weighted by molar-refractivity contribution is 4.93. The molecule has 5 rings (SSSR count). The summed E-state index contributed by atoms with van der Waals surface area (Å²) in [5.74, 6) is 6.78. The molecular weight excluding hydrogens is 368 g/mol. The van der Waals surface area contributed by atoms with E-state index >= 15 is 0 Å². The molecule has 30 heavy (non-hydrogen) atoms. The molecule has 0 heterocycles. The Morgan fingerprint density at radius 2 is 1.30 bits per heavy atom. The van der Waals surface area contributed by atoms with Crippen molar-refractivity contribution in [1.82, 2.24) is 0 Å². The van der Waals surface area contributed by atoms with Crippen molar-refractivity contribution in [1.29, 1.82) is 0 Å².